The summed E-state index contributed by atoms with van der Waals surface area (Å²) in [5.74, 6) is -0.130. The fourth-order valence-electron chi connectivity index (χ4n) is 2.19. The molecule has 3 N–H and O–H groups in total. The summed E-state index contributed by atoms with van der Waals surface area (Å²) in [6.45, 7) is 4.00. The first kappa shape index (κ1) is 14.5. The van der Waals surface area contributed by atoms with Crippen molar-refractivity contribution in [2.45, 2.75) is 39.2 Å². The molecule has 1 amide bonds. The SMILES string of the molecule is CCCC[C@H](N)C(=O)Nc1cc(C)nc2ccccc12. The lowest BCUT2D eigenvalue weighted by Gasteiger charge is -2.14. The Bertz CT molecular complexity index is 610. The van der Waals surface area contributed by atoms with Crippen molar-refractivity contribution in [3.05, 3.63) is 36.0 Å². The third kappa shape index (κ3) is 3.33. The molecule has 0 aliphatic carbocycles. The summed E-state index contributed by atoms with van der Waals surface area (Å²) in [4.78, 5) is 16.6. The predicted molar refractivity (Wildman–Crippen MR) is 82.6 cm³/mol. The summed E-state index contributed by atoms with van der Waals surface area (Å²) in [5.41, 5.74) is 8.44. The first-order valence-electron chi connectivity index (χ1n) is 7.04. The van der Waals surface area contributed by atoms with Crippen LogP contribution >= 0.6 is 0 Å². The van der Waals surface area contributed by atoms with Gasteiger partial charge in [-0.2, -0.15) is 0 Å². The van der Waals surface area contributed by atoms with Gasteiger partial charge in [0.1, 0.15) is 0 Å². The van der Waals surface area contributed by atoms with Crippen molar-refractivity contribution in [1.29, 1.82) is 0 Å². The van der Waals surface area contributed by atoms with Gasteiger partial charge in [0.2, 0.25) is 5.91 Å². The molecule has 0 aliphatic heterocycles. The van der Waals surface area contributed by atoms with Crippen molar-refractivity contribution in [3.8, 4) is 0 Å². The molecular weight excluding hydrogens is 250 g/mol. The largest absolute Gasteiger partial charge is 0.324 e. The number of carbonyl (C=O) groups is 1. The van der Waals surface area contributed by atoms with Crippen molar-refractivity contribution >= 4 is 22.5 Å². The molecule has 1 aromatic carbocycles. The zero-order chi connectivity index (χ0) is 14.5. The topological polar surface area (TPSA) is 68.0 Å². The van der Waals surface area contributed by atoms with Gasteiger partial charge < -0.3 is 11.1 Å². The number of amides is 1. The Morgan fingerprint density at radius 3 is 2.90 bits per heavy atom. The monoisotopic (exact) mass is 271 g/mol. The van der Waals surface area contributed by atoms with Gasteiger partial charge in [-0.3, -0.25) is 9.78 Å². The summed E-state index contributed by atoms with van der Waals surface area (Å²) in [7, 11) is 0. The van der Waals surface area contributed by atoms with E-state index in [2.05, 4.69) is 17.2 Å². The molecule has 2 aromatic rings. The average Bonchev–Trinajstić information content (AvgIpc) is 2.44. The number of rotatable bonds is 5. The number of para-hydroxylation sites is 1. The lowest BCUT2D eigenvalue weighted by molar-refractivity contribution is -0.117. The van der Waals surface area contributed by atoms with E-state index < -0.39 is 6.04 Å². The highest BCUT2D eigenvalue weighted by molar-refractivity contribution is 6.02. The summed E-state index contributed by atoms with van der Waals surface area (Å²) in [6.07, 6.45) is 2.72. The second kappa shape index (κ2) is 6.48. The predicted octanol–water partition coefficient (Wildman–Crippen LogP) is 3.00. The highest BCUT2D eigenvalue weighted by Crippen LogP contribution is 2.23. The molecular formula is C16H21N3O. The first-order chi connectivity index (χ1) is 9.61. The van der Waals surface area contributed by atoms with E-state index in [4.69, 9.17) is 5.73 Å². The van der Waals surface area contributed by atoms with E-state index >= 15 is 0 Å². The number of nitrogens with one attached hydrogen (secondary N) is 1. The number of carbonyl (C=O) groups excluding carboxylic acids is 1. The molecule has 2 rings (SSSR count). The van der Waals surface area contributed by atoms with Crippen LogP contribution in [0.3, 0.4) is 0 Å². The Hall–Kier alpha value is -1.94. The van der Waals surface area contributed by atoms with Crippen LogP contribution in [-0.4, -0.2) is 16.9 Å². The number of pyridine rings is 1. The summed E-state index contributed by atoms with van der Waals surface area (Å²) in [5, 5.41) is 3.87. The maximum Gasteiger partial charge on any atom is 0.241 e. The molecule has 0 unspecified atom stereocenters. The van der Waals surface area contributed by atoms with Crippen LogP contribution in [-0.2, 0) is 4.79 Å². The van der Waals surface area contributed by atoms with Crippen molar-refractivity contribution in [3.63, 3.8) is 0 Å². The van der Waals surface area contributed by atoms with Crippen LogP contribution < -0.4 is 11.1 Å². The van der Waals surface area contributed by atoms with E-state index in [-0.39, 0.29) is 5.91 Å². The molecule has 0 spiro atoms. The Labute approximate surface area is 119 Å². The lowest BCUT2D eigenvalue weighted by Crippen LogP contribution is -2.35. The number of aromatic nitrogens is 1. The van der Waals surface area contributed by atoms with Crippen molar-refractivity contribution in [2.75, 3.05) is 5.32 Å². The van der Waals surface area contributed by atoms with Gasteiger partial charge in [0, 0.05) is 11.1 Å². The van der Waals surface area contributed by atoms with Crippen molar-refractivity contribution in [2.24, 2.45) is 5.73 Å². The van der Waals surface area contributed by atoms with Gasteiger partial charge in [0.05, 0.1) is 17.2 Å². The number of anilines is 1. The third-order valence-corrected chi connectivity index (χ3v) is 3.31. The van der Waals surface area contributed by atoms with Crippen molar-refractivity contribution < 1.29 is 4.79 Å². The second-order valence-electron chi connectivity index (χ2n) is 5.07. The second-order valence-corrected chi connectivity index (χ2v) is 5.07. The molecule has 0 saturated heterocycles. The first-order valence-corrected chi connectivity index (χ1v) is 7.04. The van der Waals surface area contributed by atoms with E-state index in [0.29, 0.717) is 6.42 Å². The lowest BCUT2D eigenvalue weighted by atomic mass is 10.1. The highest BCUT2D eigenvalue weighted by atomic mass is 16.2. The van der Waals surface area contributed by atoms with Crippen LogP contribution in [0.25, 0.3) is 10.9 Å². The minimum absolute atomic E-state index is 0.130. The fraction of sp³-hybridized carbons (Fsp3) is 0.375. The number of unbranched alkanes of at least 4 members (excludes halogenated alkanes) is 1. The Kier molecular flexibility index (Phi) is 4.69. The molecule has 0 radical (unpaired) electrons. The minimum atomic E-state index is -0.456. The van der Waals surface area contributed by atoms with E-state index in [1.54, 1.807) is 0 Å². The van der Waals surface area contributed by atoms with Crippen LogP contribution in [0.15, 0.2) is 30.3 Å². The molecule has 0 fully saturated rings. The minimum Gasteiger partial charge on any atom is -0.324 e. The zero-order valence-electron chi connectivity index (χ0n) is 12.0. The van der Waals surface area contributed by atoms with E-state index in [1.165, 1.54) is 0 Å². The molecule has 20 heavy (non-hydrogen) atoms. The molecule has 1 atom stereocenters. The maximum atomic E-state index is 12.1. The molecule has 106 valence electrons. The van der Waals surface area contributed by atoms with Gasteiger partial charge in [-0.25, -0.2) is 0 Å². The van der Waals surface area contributed by atoms with Gasteiger partial charge in [-0.15, -0.1) is 0 Å². The van der Waals surface area contributed by atoms with Gasteiger partial charge in [0.25, 0.3) is 0 Å². The van der Waals surface area contributed by atoms with Crippen LogP contribution in [0.2, 0.25) is 0 Å². The summed E-state index contributed by atoms with van der Waals surface area (Å²) >= 11 is 0. The fourth-order valence-corrected chi connectivity index (χ4v) is 2.19. The molecule has 1 aromatic heterocycles. The normalized spacial score (nSPS) is 12.3. The Morgan fingerprint density at radius 1 is 1.40 bits per heavy atom. The molecule has 0 saturated carbocycles. The Morgan fingerprint density at radius 2 is 2.15 bits per heavy atom. The standard InChI is InChI=1S/C16H21N3O/c1-3-4-8-13(17)16(20)19-15-10-11(2)18-14-9-6-5-7-12(14)15/h5-7,9-10,13H,3-4,8,17H2,1-2H3,(H,18,19,20)/t13-/m0/s1. The van der Waals surface area contributed by atoms with Crippen molar-refractivity contribution in [1.82, 2.24) is 4.98 Å². The van der Waals surface area contributed by atoms with Gasteiger partial charge in [-0.1, -0.05) is 38.0 Å². The van der Waals surface area contributed by atoms with Crippen LogP contribution in [0, 0.1) is 6.92 Å². The van der Waals surface area contributed by atoms with E-state index in [0.717, 1.165) is 35.1 Å². The summed E-state index contributed by atoms with van der Waals surface area (Å²) in [6, 6.07) is 9.19. The van der Waals surface area contributed by atoms with Gasteiger partial charge in [-0.05, 0) is 25.5 Å². The number of hydrogen-bond donors (Lipinski definition) is 2. The number of fused-ring (bicyclic) bond motifs is 1. The number of nitrogens with zero attached hydrogens (tertiary/aromatic N) is 1. The Balaban J connectivity index is 2.23. The average molecular weight is 271 g/mol. The number of benzene rings is 1. The smallest absolute Gasteiger partial charge is 0.241 e. The van der Waals surface area contributed by atoms with Gasteiger partial charge in [0.15, 0.2) is 0 Å². The highest BCUT2D eigenvalue weighted by Gasteiger charge is 2.14. The van der Waals surface area contributed by atoms with E-state index in [1.807, 2.05) is 37.3 Å². The quantitative estimate of drug-likeness (QED) is 0.878. The number of hydrogen-bond acceptors (Lipinski definition) is 3. The molecule has 4 heteroatoms. The number of aryl methyl sites for hydroxylation is 1. The molecule has 0 aliphatic rings. The molecule has 0 bridgehead atoms. The number of nitrogens with two attached hydrogens (primary N) is 1. The third-order valence-electron chi connectivity index (χ3n) is 3.31. The van der Waals surface area contributed by atoms with Crippen LogP contribution in [0.5, 0.6) is 0 Å². The maximum absolute atomic E-state index is 12.1. The molecule has 1 heterocycles. The van der Waals surface area contributed by atoms with Crippen LogP contribution in [0.1, 0.15) is 31.9 Å². The van der Waals surface area contributed by atoms with E-state index in [9.17, 15) is 4.79 Å². The summed E-state index contributed by atoms with van der Waals surface area (Å²) < 4.78 is 0. The zero-order valence-corrected chi connectivity index (χ0v) is 12.0. The molecule has 4 nitrogen and oxygen atoms in total. The van der Waals surface area contributed by atoms with Gasteiger partial charge >= 0.3 is 0 Å². The van der Waals surface area contributed by atoms with Crippen LogP contribution in [0.4, 0.5) is 5.69 Å².